The molecule has 0 radical (unpaired) electrons. The molecule has 1 aromatic carbocycles. The van der Waals surface area contributed by atoms with Crippen molar-refractivity contribution in [3.05, 3.63) is 59.9 Å². The van der Waals surface area contributed by atoms with Crippen LogP contribution in [0.15, 0.2) is 48.8 Å². The van der Waals surface area contributed by atoms with Crippen LogP contribution in [0, 0.1) is 0 Å². The van der Waals surface area contributed by atoms with Crippen LogP contribution in [0.25, 0.3) is 12.2 Å². The average molecular weight is 380 g/mol. The van der Waals surface area contributed by atoms with Crippen molar-refractivity contribution in [2.24, 2.45) is 0 Å². The molecule has 0 saturated carbocycles. The van der Waals surface area contributed by atoms with E-state index in [1.165, 1.54) is 6.38 Å². The number of aliphatic hydroxyl groups is 3. The van der Waals surface area contributed by atoms with Crippen molar-refractivity contribution in [2.45, 2.75) is 6.54 Å². The van der Waals surface area contributed by atoms with E-state index in [9.17, 15) is 0 Å². The molecule has 0 aliphatic heterocycles. The number of anilines is 1. The fourth-order valence-electron chi connectivity index (χ4n) is 2.44. The van der Waals surface area contributed by atoms with E-state index in [1.807, 2.05) is 70.4 Å². The lowest BCUT2D eigenvalue weighted by molar-refractivity contribution is -0.698. The summed E-state index contributed by atoms with van der Waals surface area (Å²) in [6.07, 6.45) is 9.44. The molecule has 0 fully saturated rings. The topological polar surface area (TPSA) is 67.8 Å². The molecule has 26 heavy (non-hydrogen) atoms. The molecule has 0 spiro atoms. The lowest BCUT2D eigenvalue weighted by atomic mass is 10.1. The zero-order valence-electron chi connectivity index (χ0n) is 15.1. The number of rotatable bonds is 9. The summed E-state index contributed by atoms with van der Waals surface area (Å²) >= 11 is 4.64. The van der Waals surface area contributed by atoms with Gasteiger partial charge in [0.1, 0.15) is 6.61 Å². The molecule has 3 N–H and O–H groups in total. The Labute approximate surface area is 160 Å². The van der Waals surface area contributed by atoms with Gasteiger partial charge in [-0.2, -0.15) is 0 Å². The highest BCUT2D eigenvalue weighted by molar-refractivity contribution is 6.15. The fourth-order valence-corrected chi connectivity index (χ4v) is 2.44. The number of hydrogen-bond acceptors (Lipinski definition) is 4. The molecule has 2 aromatic rings. The van der Waals surface area contributed by atoms with Gasteiger partial charge in [-0.05, 0) is 23.3 Å². The maximum absolute atomic E-state index is 9.09. The first kappa shape index (κ1) is 22.1. The monoisotopic (exact) mass is 379 g/mol. The molecule has 0 atom stereocenters. The molecule has 0 unspecified atom stereocenters. The van der Waals surface area contributed by atoms with Gasteiger partial charge in [0, 0.05) is 37.3 Å². The second-order valence-corrected chi connectivity index (χ2v) is 5.45. The van der Waals surface area contributed by atoms with Crippen molar-refractivity contribution in [3.63, 3.8) is 0 Å². The minimum absolute atomic E-state index is 0.0615. The van der Waals surface area contributed by atoms with Crippen molar-refractivity contribution >= 4 is 29.4 Å². The highest BCUT2D eigenvalue weighted by atomic mass is 35.5. The van der Waals surface area contributed by atoms with E-state index in [1.54, 1.807) is 0 Å². The van der Waals surface area contributed by atoms with Gasteiger partial charge in [0.15, 0.2) is 18.9 Å². The summed E-state index contributed by atoms with van der Waals surface area (Å²) in [4.78, 5) is 1.95. The van der Waals surface area contributed by atoms with Gasteiger partial charge >= 0.3 is 0 Å². The Balaban J connectivity index is 0.00000163. The third-order valence-electron chi connectivity index (χ3n) is 3.74. The zero-order chi connectivity index (χ0) is 19.2. The molecule has 0 aliphatic rings. The number of nitrogens with zero attached hydrogens (tertiary/aromatic N) is 2. The molecular weight excluding hydrogens is 352 g/mol. The number of halogens is 1. The van der Waals surface area contributed by atoms with Crippen LogP contribution in [-0.2, 0) is 6.54 Å². The van der Waals surface area contributed by atoms with Crippen LogP contribution >= 0.6 is 11.6 Å². The van der Waals surface area contributed by atoms with Crippen LogP contribution in [0.5, 0.6) is 0 Å². The van der Waals surface area contributed by atoms with Crippen LogP contribution in [0.4, 0.5) is 5.69 Å². The summed E-state index contributed by atoms with van der Waals surface area (Å²) in [5.41, 5.74) is 3.16. The van der Waals surface area contributed by atoms with E-state index < -0.39 is 0 Å². The van der Waals surface area contributed by atoms with Crippen molar-refractivity contribution in [1.82, 2.24) is 0 Å². The number of aliphatic hydroxyl groups excluding tert-OH is 3. The highest BCUT2D eigenvalue weighted by Gasteiger charge is 2.04. The van der Waals surface area contributed by atoms with Crippen LogP contribution in [0.3, 0.4) is 0 Å². The normalized spacial score (nSPS) is 10.5. The van der Waals surface area contributed by atoms with Gasteiger partial charge < -0.3 is 20.2 Å². The molecule has 0 aliphatic carbocycles. The maximum Gasteiger partial charge on any atom is 0.171 e. The third-order valence-corrected chi connectivity index (χ3v) is 3.74. The summed E-state index contributed by atoms with van der Waals surface area (Å²) in [6, 6.07) is 12.0. The van der Waals surface area contributed by atoms with Crippen molar-refractivity contribution < 1.29 is 19.9 Å². The van der Waals surface area contributed by atoms with Crippen molar-refractivity contribution in [3.8, 4) is 0 Å². The minimum Gasteiger partial charge on any atom is -0.395 e. The van der Waals surface area contributed by atoms with Crippen LogP contribution < -0.4 is 9.47 Å². The van der Waals surface area contributed by atoms with E-state index in [0.29, 0.717) is 19.6 Å². The number of aromatic nitrogens is 1. The summed E-state index contributed by atoms with van der Waals surface area (Å²) in [7, 11) is 0. The van der Waals surface area contributed by atoms with Gasteiger partial charge in [-0.1, -0.05) is 24.3 Å². The van der Waals surface area contributed by atoms with Crippen LogP contribution in [-0.4, -0.2) is 54.6 Å². The van der Waals surface area contributed by atoms with Gasteiger partial charge in [0.25, 0.3) is 0 Å². The number of benzene rings is 1. The fraction of sp³-hybridized carbons (Fsp3) is 0.350. The van der Waals surface area contributed by atoms with Gasteiger partial charge in [-0.3, -0.25) is 0 Å². The quantitative estimate of drug-likeness (QED) is 0.459. The van der Waals surface area contributed by atoms with Gasteiger partial charge in [0.05, 0.1) is 13.2 Å². The summed E-state index contributed by atoms with van der Waals surface area (Å²) in [5, 5.41) is 27.1. The molecule has 1 heterocycles. The summed E-state index contributed by atoms with van der Waals surface area (Å²) in [6.45, 7) is 1.87. The lowest BCUT2D eigenvalue weighted by Crippen LogP contribution is -2.34. The van der Waals surface area contributed by atoms with Crippen molar-refractivity contribution in [1.29, 1.82) is 0 Å². The number of hydrogen-bond donors (Lipinski definition) is 3. The van der Waals surface area contributed by atoms with Crippen molar-refractivity contribution in [2.75, 3.05) is 44.2 Å². The second kappa shape index (κ2) is 13.3. The molecule has 0 amide bonds. The molecular formula is C20H28ClN2O3+. The summed E-state index contributed by atoms with van der Waals surface area (Å²) < 4.78 is 1.93. The smallest absolute Gasteiger partial charge is 0.171 e. The molecule has 2 rings (SSSR count). The Morgan fingerprint density at radius 2 is 1.31 bits per heavy atom. The maximum atomic E-state index is 9.09. The van der Waals surface area contributed by atoms with E-state index >= 15 is 0 Å². The predicted molar refractivity (Wildman–Crippen MR) is 107 cm³/mol. The highest BCUT2D eigenvalue weighted by Crippen LogP contribution is 2.16. The number of pyridine rings is 1. The molecule has 6 heteroatoms. The van der Waals surface area contributed by atoms with E-state index in [-0.39, 0.29) is 19.8 Å². The molecule has 142 valence electrons. The van der Waals surface area contributed by atoms with Crippen LogP contribution in [0.2, 0.25) is 0 Å². The Morgan fingerprint density at radius 1 is 0.808 bits per heavy atom. The zero-order valence-corrected chi connectivity index (χ0v) is 15.9. The minimum atomic E-state index is 0.0615. The predicted octanol–water partition coefficient (Wildman–Crippen LogP) is 1.78. The van der Waals surface area contributed by atoms with E-state index in [0.717, 1.165) is 16.8 Å². The largest absolute Gasteiger partial charge is 0.395 e. The number of alkyl halides is 1. The third kappa shape index (κ3) is 7.54. The standard InChI is InChI=1S/C19H25N2O3.CH3Cl/c22-14-11-20-9-7-18(8-10-20)2-1-17-3-5-19(6-4-17)21(12-15-23)13-16-24;1-2/h1-10,22-24H,11-16H2;1H3/q+1;. The van der Waals surface area contributed by atoms with E-state index in [4.69, 9.17) is 15.3 Å². The Kier molecular flexibility index (Phi) is 11.3. The first-order chi connectivity index (χ1) is 12.8. The van der Waals surface area contributed by atoms with Gasteiger partial charge in [-0.15, -0.1) is 11.6 Å². The Bertz CT molecular complexity index is 625. The lowest BCUT2D eigenvalue weighted by Gasteiger charge is -2.22. The molecule has 5 nitrogen and oxygen atoms in total. The first-order valence-electron chi connectivity index (χ1n) is 8.49. The second-order valence-electron chi connectivity index (χ2n) is 5.45. The van der Waals surface area contributed by atoms with Gasteiger partial charge in [0.2, 0.25) is 0 Å². The van der Waals surface area contributed by atoms with Gasteiger partial charge in [-0.25, -0.2) is 4.57 Å². The SMILES string of the molecule is CCl.OCCN(CCO)c1ccc(/C=C/c2cc[n+](CCO)cc2)cc1. The molecule has 0 bridgehead atoms. The molecule has 0 saturated heterocycles. The first-order valence-corrected chi connectivity index (χ1v) is 9.25. The van der Waals surface area contributed by atoms with Crippen LogP contribution in [0.1, 0.15) is 11.1 Å². The molecule has 1 aromatic heterocycles. The summed E-state index contributed by atoms with van der Waals surface area (Å²) in [5.74, 6) is 0. The Hall–Kier alpha value is -1.92. The Morgan fingerprint density at radius 3 is 1.77 bits per heavy atom. The average Bonchev–Trinajstić information content (AvgIpc) is 2.69. The van der Waals surface area contributed by atoms with E-state index in [2.05, 4.69) is 11.6 Å².